The van der Waals surface area contributed by atoms with E-state index in [0.717, 1.165) is 11.1 Å². The molecule has 242 valence electrons. The lowest BCUT2D eigenvalue weighted by Crippen LogP contribution is -2.58. The van der Waals surface area contributed by atoms with Gasteiger partial charge in [0.1, 0.15) is 18.2 Å². The van der Waals surface area contributed by atoms with Gasteiger partial charge in [-0.05, 0) is 37.0 Å². The molecule has 0 saturated carbocycles. The van der Waals surface area contributed by atoms with E-state index in [4.69, 9.17) is 21.1 Å². The van der Waals surface area contributed by atoms with E-state index in [1.165, 1.54) is 9.80 Å². The van der Waals surface area contributed by atoms with Crippen LogP contribution in [0.1, 0.15) is 43.4 Å². The fourth-order valence-electron chi connectivity index (χ4n) is 7.32. The first-order chi connectivity index (χ1) is 22.2. The molecule has 0 unspecified atom stereocenters. The number of anilines is 1. The molecule has 0 aliphatic carbocycles. The van der Waals surface area contributed by atoms with Gasteiger partial charge in [-0.25, -0.2) is 0 Å². The lowest BCUT2D eigenvalue weighted by molar-refractivity contribution is -0.146. The highest BCUT2D eigenvalue weighted by Crippen LogP contribution is 2.56. The van der Waals surface area contributed by atoms with Gasteiger partial charge in [0.2, 0.25) is 11.8 Å². The van der Waals surface area contributed by atoms with Gasteiger partial charge in [0.25, 0.3) is 5.91 Å². The van der Waals surface area contributed by atoms with Gasteiger partial charge < -0.3 is 29.7 Å². The normalized spacial score (nSPS) is 31.1. The summed E-state index contributed by atoms with van der Waals surface area (Å²) < 4.78 is 12.1. The topological polar surface area (TPSA) is 125 Å². The van der Waals surface area contributed by atoms with Gasteiger partial charge in [0.15, 0.2) is 0 Å². The fraction of sp³-hybridized carbons (Fsp3) is 0.429. The number of aliphatic hydroxyl groups is 1. The molecule has 2 saturated heterocycles. The van der Waals surface area contributed by atoms with E-state index >= 15 is 0 Å². The maximum Gasteiger partial charge on any atom is 0.306 e. The molecule has 11 heteroatoms. The molecule has 5 bridgehead atoms. The van der Waals surface area contributed by atoms with Crippen LogP contribution in [0.15, 0.2) is 72.8 Å². The Morgan fingerprint density at radius 3 is 2.57 bits per heavy atom. The Labute approximate surface area is 273 Å². The number of ether oxygens (including phenoxy) is 2. The molecule has 4 aliphatic rings. The number of carbonyl (C=O) groups is 4. The van der Waals surface area contributed by atoms with Crippen LogP contribution >= 0.6 is 11.6 Å². The van der Waals surface area contributed by atoms with E-state index in [9.17, 15) is 24.3 Å². The number of hydrogen-bond acceptors (Lipinski definition) is 7. The first kappa shape index (κ1) is 32.0. The van der Waals surface area contributed by atoms with E-state index in [0.29, 0.717) is 23.6 Å². The second-order valence-corrected chi connectivity index (χ2v) is 12.6. The predicted octanol–water partition coefficient (Wildman–Crippen LogP) is 3.65. The number of hydrogen-bond donors (Lipinski definition) is 2. The van der Waals surface area contributed by atoms with Crippen molar-refractivity contribution >= 4 is 41.0 Å². The van der Waals surface area contributed by atoms with E-state index in [-0.39, 0.29) is 26.2 Å². The number of nitrogens with zero attached hydrogens (tertiary/aromatic N) is 2. The summed E-state index contributed by atoms with van der Waals surface area (Å²) in [5.41, 5.74) is 0.528. The Kier molecular flexibility index (Phi) is 9.05. The van der Waals surface area contributed by atoms with Crippen LogP contribution in [-0.2, 0) is 28.7 Å². The third-order valence-corrected chi connectivity index (χ3v) is 9.85. The van der Waals surface area contributed by atoms with Crippen LogP contribution in [0.2, 0.25) is 5.02 Å². The number of fused-ring (bicyclic) bond motifs is 2. The van der Waals surface area contributed by atoms with Crippen molar-refractivity contribution in [2.24, 2.45) is 11.8 Å². The maximum absolute atomic E-state index is 15.0. The number of likely N-dealkylation sites (tertiary alicyclic amines) is 1. The average molecular weight is 648 g/mol. The molecule has 2 aromatic carbocycles. The van der Waals surface area contributed by atoms with Gasteiger partial charge in [-0.1, -0.05) is 85.3 Å². The highest BCUT2D eigenvalue weighted by Gasteiger charge is 2.73. The highest BCUT2D eigenvalue weighted by molar-refractivity contribution is 6.34. The first-order valence-electron chi connectivity index (χ1n) is 15.7. The van der Waals surface area contributed by atoms with Gasteiger partial charge in [0, 0.05) is 13.0 Å². The molecule has 0 radical (unpaired) electrons. The number of cyclic esters (lactones) is 1. The van der Waals surface area contributed by atoms with Crippen molar-refractivity contribution in [3.8, 4) is 0 Å². The Morgan fingerprint density at radius 2 is 1.85 bits per heavy atom. The molecule has 0 aromatic heterocycles. The minimum atomic E-state index is -1.44. The summed E-state index contributed by atoms with van der Waals surface area (Å²) >= 11 is 6.70. The Bertz CT molecular complexity index is 1550. The molecule has 6 rings (SSSR count). The number of halogens is 1. The Balaban J connectivity index is 1.47. The minimum Gasteiger partial charge on any atom is -0.463 e. The van der Waals surface area contributed by atoms with Crippen LogP contribution in [-0.4, -0.2) is 77.2 Å². The Hall–Kier alpha value is -3.99. The summed E-state index contributed by atoms with van der Waals surface area (Å²) in [5.74, 6) is -3.72. The molecule has 3 amide bonds. The number of allylic oxidation sites excluding steroid dienone is 1. The molecule has 4 aliphatic heterocycles. The minimum absolute atomic E-state index is 0.0919. The summed E-state index contributed by atoms with van der Waals surface area (Å²) in [7, 11) is 0. The number of nitrogens with one attached hydrogen (secondary N) is 1. The number of benzene rings is 2. The summed E-state index contributed by atoms with van der Waals surface area (Å²) in [5, 5.41) is 13.8. The molecule has 7 atom stereocenters. The van der Waals surface area contributed by atoms with Crippen LogP contribution in [0, 0.1) is 18.8 Å². The summed E-state index contributed by atoms with van der Waals surface area (Å²) in [6.07, 6.45) is 7.18. The fourth-order valence-corrected chi connectivity index (χ4v) is 7.64. The molecule has 2 aromatic rings. The van der Waals surface area contributed by atoms with Gasteiger partial charge >= 0.3 is 5.97 Å². The lowest BCUT2D eigenvalue weighted by atomic mass is 9.74. The molecule has 4 heterocycles. The maximum atomic E-state index is 15.0. The number of esters is 1. The molecular weight excluding hydrogens is 610 g/mol. The van der Waals surface area contributed by atoms with Crippen molar-refractivity contribution in [1.29, 1.82) is 0 Å². The average Bonchev–Trinajstić information content (AvgIpc) is 3.70. The molecular formula is C35H38ClN3O7. The van der Waals surface area contributed by atoms with Crippen molar-refractivity contribution in [2.45, 2.75) is 62.9 Å². The lowest BCUT2D eigenvalue weighted by Gasteiger charge is -2.39. The summed E-state index contributed by atoms with van der Waals surface area (Å²) in [6.45, 7) is 3.32. The number of rotatable bonds is 5. The van der Waals surface area contributed by atoms with E-state index < -0.39 is 65.4 Å². The van der Waals surface area contributed by atoms with E-state index in [2.05, 4.69) is 5.32 Å². The molecule has 1 spiro atoms. The third kappa shape index (κ3) is 5.42. The molecule has 2 fully saturated rings. The van der Waals surface area contributed by atoms with E-state index in [1.807, 2.05) is 50.2 Å². The van der Waals surface area contributed by atoms with Crippen molar-refractivity contribution in [3.05, 3.63) is 89.0 Å². The smallest absolute Gasteiger partial charge is 0.306 e. The zero-order valence-electron chi connectivity index (χ0n) is 25.8. The second kappa shape index (κ2) is 13.0. The standard InChI is InChI=1S/C35H38ClN3O7/c1-3-23(19-40)39-31-34(44)38(30-21(2)11-10-14-24(30)36)18-9-5-8-15-27(41)45-20-25(22-12-6-4-7-13-22)37-32(42)28-26-16-17-35(31,46-26)29(28)33(39)43/h4-7,9-14,16-17,23,25-26,28-29,31,40H,3,8,15,18-20H2,1-2H3,(H,37,42)/b9-5-/t23-,25+,26+,28-,29-,31+,35-/m0/s1. The number of aliphatic hydroxyl groups excluding tert-OH is 1. The van der Waals surface area contributed by atoms with Gasteiger partial charge in [0.05, 0.1) is 47.3 Å². The van der Waals surface area contributed by atoms with Crippen molar-refractivity contribution in [1.82, 2.24) is 10.2 Å². The Morgan fingerprint density at radius 1 is 1.07 bits per heavy atom. The van der Waals surface area contributed by atoms with Crippen molar-refractivity contribution in [2.75, 3.05) is 24.7 Å². The monoisotopic (exact) mass is 647 g/mol. The van der Waals surface area contributed by atoms with Gasteiger partial charge in [-0.3, -0.25) is 19.2 Å². The zero-order valence-corrected chi connectivity index (χ0v) is 26.6. The van der Waals surface area contributed by atoms with Gasteiger partial charge in [-0.15, -0.1) is 0 Å². The third-order valence-electron chi connectivity index (χ3n) is 9.55. The molecule has 46 heavy (non-hydrogen) atoms. The SMILES string of the molecule is CC[C@@H](CO)N1C(=O)[C@@H]2[C@H]3C(=O)N[C@@H](c4ccccc4)COC(=O)CC/C=C\CN(c4c(C)cccc4Cl)C(=O)[C@@H]1[C@]21C=C[C@H]3O1. The predicted molar refractivity (Wildman–Crippen MR) is 171 cm³/mol. The number of para-hydroxylation sites is 1. The highest BCUT2D eigenvalue weighted by atomic mass is 35.5. The largest absolute Gasteiger partial charge is 0.463 e. The van der Waals surface area contributed by atoms with Crippen LogP contribution in [0.25, 0.3) is 0 Å². The van der Waals surface area contributed by atoms with Crippen molar-refractivity contribution in [3.63, 3.8) is 0 Å². The quantitative estimate of drug-likeness (QED) is 0.375. The van der Waals surface area contributed by atoms with Crippen LogP contribution in [0.3, 0.4) is 0 Å². The number of carbonyl (C=O) groups excluding carboxylic acids is 4. The molecule has 10 nitrogen and oxygen atoms in total. The van der Waals surface area contributed by atoms with E-state index in [1.54, 1.807) is 36.4 Å². The number of aryl methyl sites for hydroxylation is 1. The summed E-state index contributed by atoms with van der Waals surface area (Å²) in [4.78, 5) is 59.3. The first-order valence-corrected chi connectivity index (χ1v) is 16.1. The van der Waals surface area contributed by atoms with Crippen LogP contribution in [0.4, 0.5) is 5.69 Å². The zero-order chi connectivity index (χ0) is 32.6. The van der Waals surface area contributed by atoms with Crippen LogP contribution in [0.5, 0.6) is 0 Å². The van der Waals surface area contributed by atoms with Gasteiger partial charge in [-0.2, -0.15) is 0 Å². The van der Waals surface area contributed by atoms with Crippen molar-refractivity contribution < 1.29 is 33.8 Å². The van der Waals surface area contributed by atoms with Crippen LogP contribution < -0.4 is 10.2 Å². The number of amides is 3. The summed E-state index contributed by atoms with van der Waals surface area (Å²) in [6, 6.07) is 12.0. The second-order valence-electron chi connectivity index (χ2n) is 12.2. The molecule has 2 N–H and O–H groups in total.